The van der Waals surface area contributed by atoms with Crippen LogP contribution in [0.3, 0.4) is 0 Å². The number of thiophene rings is 1. The van der Waals surface area contributed by atoms with Crippen molar-refractivity contribution in [3.05, 3.63) is 34.2 Å². The van der Waals surface area contributed by atoms with Gasteiger partial charge in [-0.25, -0.2) is 9.78 Å². The molecule has 27 heavy (non-hydrogen) atoms. The normalized spacial score (nSPS) is 14.2. The van der Waals surface area contributed by atoms with Gasteiger partial charge in [0, 0.05) is 18.0 Å². The van der Waals surface area contributed by atoms with E-state index in [4.69, 9.17) is 9.47 Å². The number of benzene rings is 1. The Bertz CT molecular complexity index is 996. The van der Waals surface area contributed by atoms with Gasteiger partial charge in [-0.3, -0.25) is 4.90 Å². The van der Waals surface area contributed by atoms with Gasteiger partial charge in [-0.15, -0.1) is 11.3 Å². The highest BCUT2D eigenvalue weighted by molar-refractivity contribution is 7.23. The number of hydrogen-bond donors (Lipinski definition) is 1. The Balaban J connectivity index is 1.71. The van der Waals surface area contributed by atoms with E-state index in [9.17, 15) is 4.79 Å². The van der Waals surface area contributed by atoms with Crippen LogP contribution in [0.25, 0.3) is 10.2 Å². The Morgan fingerprint density at radius 2 is 2.19 bits per heavy atom. The molecule has 4 rings (SSSR count). The fourth-order valence-corrected chi connectivity index (χ4v) is 5.56. The van der Waals surface area contributed by atoms with Crippen molar-refractivity contribution in [3.63, 3.8) is 0 Å². The third kappa shape index (κ3) is 3.40. The number of aromatic nitrogens is 1. The molecule has 6 nitrogen and oxygen atoms in total. The van der Waals surface area contributed by atoms with Gasteiger partial charge < -0.3 is 14.8 Å². The molecule has 1 aliphatic heterocycles. The largest absolute Gasteiger partial charge is 0.497 e. The quantitative estimate of drug-likeness (QED) is 0.642. The fraction of sp³-hybridized carbons (Fsp3) is 0.368. The molecule has 0 unspecified atom stereocenters. The van der Waals surface area contributed by atoms with Crippen molar-refractivity contribution in [2.45, 2.75) is 19.9 Å². The molecule has 1 aromatic carbocycles. The second kappa shape index (κ2) is 7.46. The molecule has 0 fully saturated rings. The average molecular weight is 404 g/mol. The maximum atomic E-state index is 12.5. The number of methoxy groups -OCH3 is 2. The highest BCUT2D eigenvalue weighted by Crippen LogP contribution is 2.40. The lowest BCUT2D eigenvalue weighted by atomic mass is 10.0. The maximum Gasteiger partial charge on any atom is 0.341 e. The van der Waals surface area contributed by atoms with Crippen LogP contribution in [0.2, 0.25) is 0 Å². The molecule has 142 valence electrons. The zero-order valence-electron chi connectivity index (χ0n) is 15.5. The van der Waals surface area contributed by atoms with E-state index in [2.05, 4.69) is 22.1 Å². The van der Waals surface area contributed by atoms with Crippen LogP contribution in [0.4, 0.5) is 10.1 Å². The summed E-state index contributed by atoms with van der Waals surface area (Å²) < 4.78 is 11.4. The second-order valence-corrected chi connectivity index (χ2v) is 8.43. The molecule has 0 saturated heterocycles. The first-order valence-electron chi connectivity index (χ1n) is 8.79. The summed E-state index contributed by atoms with van der Waals surface area (Å²) in [6.45, 7) is 5.01. The Morgan fingerprint density at radius 3 is 2.93 bits per heavy atom. The molecule has 1 N–H and O–H groups in total. The SMILES string of the molecule is CCN1CCc2c(sc(Nc3nc4ccc(OC)cc4s3)c2C(=O)OC)C1. The number of esters is 1. The van der Waals surface area contributed by atoms with Crippen LogP contribution in [0, 0.1) is 0 Å². The fourth-order valence-electron chi connectivity index (χ4n) is 3.31. The lowest BCUT2D eigenvalue weighted by Gasteiger charge is -2.25. The lowest BCUT2D eigenvalue weighted by molar-refractivity contribution is 0.0600. The summed E-state index contributed by atoms with van der Waals surface area (Å²) in [4.78, 5) is 20.7. The first kappa shape index (κ1) is 18.2. The van der Waals surface area contributed by atoms with Gasteiger partial charge in [0.05, 0.1) is 30.0 Å². The van der Waals surface area contributed by atoms with Crippen molar-refractivity contribution >= 4 is 49.0 Å². The number of fused-ring (bicyclic) bond motifs is 2. The van der Waals surface area contributed by atoms with Crippen LogP contribution in [-0.2, 0) is 17.7 Å². The van der Waals surface area contributed by atoms with Gasteiger partial charge in [-0.1, -0.05) is 18.3 Å². The van der Waals surface area contributed by atoms with Crippen LogP contribution in [0.15, 0.2) is 18.2 Å². The molecule has 0 atom stereocenters. The first-order valence-corrected chi connectivity index (χ1v) is 10.4. The van der Waals surface area contributed by atoms with E-state index in [0.717, 1.165) is 57.7 Å². The molecule has 0 radical (unpaired) electrons. The minimum absolute atomic E-state index is 0.289. The highest BCUT2D eigenvalue weighted by Gasteiger charge is 2.28. The molecule has 0 spiro atoms. The van der Waals surface area contributed by atoms with Crippen molar-refractivity contribution < 1.29 is 14.3 Å². The van der Waals surface area contributed by atoms with Crippen LogP contribution >= 0.6 is 22.7 Å². The summed E-state index contributed by atoms with van der Waals surface area (Å²) in [5.74, 6) is 0.516. The van der Waals surface area contributed by atoms with Crippen molar-refractivity contribution in [2.75, 3.05) is 32.6 Å². The molecule has 8 heteroatoms. The molecule has 0 amide bonds. The minimum Gasteiger partial charge on any atom is -0.497 e. The third-order valence-electron chi connectivity index (χ3n) is 4.79. The number of nitrogens with one attached hydrogen (secondary N) is 1. The summed E-state index contributed by atoms with van der Waals surface area (Å²) >= 11 is 3.17. The maximum absolute atomic E-state index is 12.5. The Morgan fingerprint density at radius 1 is 1.33 bits per heavy atom. The molecule has 2 aromatic heterocycles. The summed E-state index contributed by atoms with van der Waals surface area (Å²) in [5, 5.41) is 4.94. The Labute approximate surface area is 165 Å². The smallest absolute Gasteiger partial charge is 0.341 e. The van der Waals surface area contributed by atoms with E-state index < -0.39 is 0 Å². The van der Waals surface area contributed by atoms with E-state index in [0.29, 0.717) is 5.56 Å². The summed E-state index contributed by atoms with van der Waals surface area (Å²) in [5.41, 5.74) is 2.67. The number of nitrogens with zero attached hydrogens (tertiary/aromatic N) is 2. The molecule has 1 aliphatic rings. The van der Waals surface area contributed by atoms with Crippen LogP contribution < -0.4 is 10.1 Å². The minimum atomic E-state index is -0.289. The molecular formula is C19H21N3O3S2. The highest BCUT2D eigenvalue weighted by atomic mass is 32.1. The number of carbonyl (C=O) groups excluding carboxylic acids is 1. The lowest BCUT2D eigenvalue weighted by Crippen LogP contribution is -2.29. The van der Waals surface area contributed by atoms with Crippen molar-refractivity contribution in [1.29, 1.82) is 0 Å². The Hall–Kier alpha value is -2.16. The number of ether oxygens (including phenoxy) is 2. The van der Waals surface area contributed by atoms with Gasteiger partial charge in [0.15, 0.2) is 5.13 Å². The number of rotatable bonds is 5. The van der Waals surface area contributed by atoms with Gasteiger partial charge in [0.1, 0.15) is 10.8 Å². The van der Waals surface area contributed by atoms with E-state index in [-0.39, 0.29) is 5.97 Å². The van der Waals surface area contributed by atoms with E-state index in [1.165, 1.54) is 12.0 Å². The molecule has 0 aliphatic carbocycles. The molecule has 0 saturated carbocycles. The van der Waals surface area contributed by atoms with Gasteiger partial charge in [-0.2, -0.15) is 0 Å². The monoisotopic (exact) mass is 403 g/mol. The van der Waals surface area contributed by atoms with Gasteiger partial charge >= 0.3 is 5.97 Å². The standard InChI is InChI=1S/C19H21N3O3S2/c1-4-22-8-7-12-15(10-22)26-17(16(12)18(23)25-3)21-19-20-13-6-5-11(24-2)9-14(13)27-19/h5-6,9H,4,7-8,10H2,1-3H3,(H,20,21). The average Bonchev–Trinajstić information content (AvgIpc) is 3.26. The second-order valence-electron chi connectivity index (χ2n) is 6.30. The predicted octanol–water partition coefficient (Wildman–Crippen LogP) is 4.27. The van der Waals surface area contributed by atoms with Gasteiger partial charge in [0.25, 0.3) is 0 Å². The predicted molar refractivity (Wildman–Crippen MR) is 110 cm³/mol. The van der Waals surface area contributed by atoms with Crippen molar-refractivity contribution in [3.8, 4) is 5.75 Å². The van der Waals surface area contributed by atoms with Crippen LogP contribution in [0.1, 0.15) is 27.7 Å². The topological polar surface area (TPSA) is 63.7 Å². The van der Waals surface area contributed by atoms with Crippen molar-refractivity contribution in [2.24, 2.45) is 0 Å². The summed E-state index contributed by atoms with van der Waals surface area (Å²) in [6.07, 6.45) is 0.864. The number of carbonyl (C=O) groups is 1. The van der Waals surface area contributed by atoms with E-state index in [1.807, 2.05) is 18.2 Å². The number of thiazole rings is 1. The number of likely N-dealkylation sites (N-methyl/N-ethyl adjacent to an activating group) is 1. The number of hydrogen-bond acceptors (Lipinski definition) is 8. The summed E-state index contributed by atoms with van der Waals surface area (Å²) in [6, 6.07) is 5.81. The van der Waals surface area contributed by atoms with E-state index in [1.54, 1.807) is 29.8 Å². The van der Waals surface area contributed by atoms with Gasteiger partial charge in [-0.05, 0) is 36.7 Å². The van der Waals surface area contributed by atoms with E-state index >= 15 is 0 Å². The molecule has 3 heterocycles. The zero-order valence-corrected chi connectivity index (χ0v) is 17.1. The molecule has 0 bridgehead atoms. The third-order valence-corrected chi connectivity index (χ3v) is 6.85. The molecular weight excluding hydrogens is 382 g/mol. The van der Waals surface area contributed by atoms with Crippen molar-refractivity contribution in [1.82, 2.24) is 9.88 Å². The Kier molecular flexibility index (Phi) is 5.03. The van der Waals surface area contributed by atoms with Crippen LogP contribution in [-0.4, -0.2) is 43.2 Å². The van der Waals surface area contributed by atoms with Crippen LogP contribution in [0.5, 0.6) is 5.75 Å². The zero-order chi connectivity index (χ0) is 19.0. The van der Waals surface area contributed by atoms with Gasteiger partial charge in [0.2, 0.25) is 0 Å². The summed E-state index contributed by atoms with van der Waals surface area (Å²) in [7, 11) is 3.08. The molecule has 3 aromatic rings. The number of anilines is 2. The first-order chi connectivity index (χ1) is 13.1.